The summed E-state index contributed by atoms with van der Waals surface area (Å²) in [5, 5.41) is 2.68. The van der Waals surface area contributed by atoms with Crippen molar-refractivity contribution < 1.29 is 13.6 Å². The maximum atomic E-state index is 13.6. The average Bonchev–Trinajstić information content (AvgIpc) is 3.06. The van der Waals surface area contributed by atoms with Crippen LogP contribution in [0, 0.1) is 11.6 Å². The Bertz CT molecular complexity index is 1070. The molecule has 3 aromatic rings. The molecule has 1 saturated heterocycles. The topological polar surface area (TPSA) is 44.7 Å². The highest BCUT2D eigenvalue weighted by Gasteiger charge is 2.39. The van der Waals surface area contributed by atoms with Crippen molar-refractivity contribution in [2.45, 2.75) is 12.6 Å². The summed E-state index contributed by atoms with van der Waals surface area (Å²) in [5.74, 6) is -0.539. The summed E-state index contributed by atoms with van der Waals surface area (Å²) < 4.78 is 27.1. The lowest BCUT2D eigenvalue weighted by Gasteiger charge is -2.23. The minimum atomic E-state index is -0.617. The number of urea groups is 1. The van der Waals surface area contributed by atoms with E-state index in [1.165, 1.54) is 35.2 Å². The molecule has 0 aliphatic carbocycles. The molecule has 146 valence electrons. The summed E-state index contributed by atoms with van der Waals surface area (Å²) in [6.45, 7) is 0.367. The molecule has 1 atom stereocenters. The molecule has 1 aliphatic rings. The van der Waals surface area contributed by atoms with Crippen LogP contribution >= 0.6 is 11.6 Å². The summed E-state index contributed by atoms with van der Waals surface area (Å²) in [7, 11) is 0. The second-order valence-corrected chi connectivity index (χ2v) is 6.95. The third-order valence-electron chi connectivity index (χ3n) is 4.61. The first kappa shape index (κ1) is 19.1. The van der Waals surface area contributed by atoms with Crippen LogP contribution in [0.15, 0.2) is 77.8 Å². The van der Waals surface area contributed by atoms with Gasteiger partial charge in [-0.25, -0.2) is 13.6 Å². The fourth-order valence-corrected chi connectivity index (χ4v) is 3.39. The van der Waals surface area contributed by atoms with Crippen molar-refractivity contribution in [1.82, 2.24) is 5.32 Å². The van der Waals surface area contributed by atoms with Gasteiger partial charge < -0.3 is 0 Å². The van der Waals surface area contributed by atoms with Crippen LogP contribution in [0.1, 0.15) is 17.2 Å². The summed E-state index contributed by atoms with van der Waals surface area (Å²) in [6.07, 6.45) is 0. The van der Waals surface area contributed by atoms with E-state index in [0.29, 0.717) is 23.6 Å². The molecule has 7 heteroatoms. The zero-order valence-electron chi connectivity index (χ0n) is 15.1. The van der Waals surface area contributed by atoms with Crippen molar-refractivity contribution in [3.8, 4) is 0 Å². The van der Waals surface area contributed by atoms with Crippen LogP contribution in [-0.2, 0) is 6.54 Å². The first-order chi connectivity index (χ1) is 14.0. The average molecular weight is 412 g/mol. The molecule has 1 aliphatic heterocycles. The number of carbonyl (C=O) groups excluding carboxylic acids is 1. The number of halogens is 3. The van der Waals surface area contributed by atoms with Gasteiger partial charge in [-0.3, -0.25) is 15.2 Å². The van der Waals surface area contributed by atoms with Crippen LogP contribution in [0.5, 0.6) is 0 Å². The van der Waals surface area contributed by atoms with Gasteiger partial charge in [0.1, 0.15) is 23.5 Å². The maximum Gasteiger partial charge on any atom is 0.328 e. The van der Waals surface area contributed by atoms with E-state index in [1.807, 2.05) is 30.3 Å². The van der Waals surface area contributed by atoms with E-state index < -0.39 is 17.9 Å². The van der Waals surface area contributed by atoms with Gasteiger partial charge in [0.25, 0.3) is 0 Å². The Kier molecular flexibility index (Phi) is 5.27. The highest BCUT2D eigenvalue weighted by Crippen LogP contribution is 2.34. The van der Waals surface area contributed by atoms with E-state index in [4.69, 9.17) is 11.6 Å². The van der Waals surface area contributed by atoms with Crippen LogP contribution in [0.25, 0.3) is 0 Å². The lowest BCUT2D eigenvalue weighted by molar-refractivity contribution is 0.252. The zero-order chi connectivity index (χ0) is 20.4. The number of nitrogens with zero attached hydrogens (tertiary/aromatic N) is 2. The molecule has 0 radical (unpaired) electrons. The lowest BCUT2D eigenvalue weighted by atomic mass is 10.0. The van der Waals surface area contributed by atoms with Gasteiger partial charge in [-0.05, 0) is 41.5 Å². The lowest BCUT2D eigenvalue weighted by Crippen LogP contribution is -2.29. The number of carbonyl (C=O) groups is 1. The number of anilines is 1. The molecule has 0 aromatic heterocycles. The van der Waals surface area contributed by atoms with Gasteiger partial charge in [0.2, 0.25) is 0 Å². The first-order valence-corrected chi connectivity index (χ1v) is 9.30. The number of hydrogen-bond acceptors (Lipinski definition) is 2. The molecule has 1 fully saturated rings. The van der Waals surface area contributed by atoms with E-state index in [1.54, 1.807) is 12.1 Å². The summed E-state index contributed by atoms with van der Waals surface area (Å²) >= 11 is 5.92. The molecule has 29 heavy (non-hydrogen) atoms. The third kappa shape index (κ3) is 3.98. The van der Waals surface area contributed by atoms with Crippen LogP contribution in [-0.4, -0.2) is 11.9 Å². The number of amides is 2. The highest BCUT2D eigenvalue weighted by molar-refractivity contribution is 6.31. The molecule has 1 N–H and O–H groups in total. The zero-order valence-corrected chi connectivity index (χ0v) is 15.9. The van der Waals surface area contributed by atoms with Crippen molar-refractivity contribution in [1.29, 1.82) is 0 Å². The fourth-order valence-electron chi connectivity index (χ4n) is 3.22. The van der Waals surface area contributed by atoms with Gasteiger partial charge in [-0.1, -0.05) is 54.1 Å². The Morgan fingerprint density at radius 3 is 2.41 bits per heavy atom. The van der Waals surface area contributed by atoms with Crippen molar-refractivity contribution in [2.24, 2.45) is 4.99 Å². The minimum absolute atomic E-state index is 0.0946. The highest BCUT2D eigenvalue weighted by atomic mass is 35.5. The normalized spacial score (nSPS) is 17.6. The second-order valence-electron chi connectivity index (χ2n) is 6.54. The smallest absolute Gasteiger partial charge is 0.294 e. The molecule has 4 nitrogen and oxygen atoms in total. The van der Waals surface area contributed by atoms with E-state index >= 15 is 0 Å². The summed E-state index contributed by atoms with van der Waals surface area (Å²) in [5.41, 5.74) is 2.06. The van der Waals surface area contributed by atoms with E-state index in [-0.39, 0.29) is 10.8 Å². The van der Waals surface area contributed by atoms with E-state index in [2.05, 4.69) is 10.3 Å². The molecule has 2 amide bonds. The first-order valence-electron chi connectivity index (χ1n) is 8.92. The van der Waals surface area contributed by atoms with Crippen LogP contribution in [0.3, 0.4) is 0 Å². The minimum Gasteiger partial charge on any atom is -0.294 e. The Morgan fingerprint density at radius 2 is 1.72 bits per heavy atom. The molecule has 0 bridgehead atoms. The Hall–Kier alpha value is -3.25. The Labute approximate surface area is 171 Å². The van der Waals surface area contributed by atoms with Crippen molar-refractivity contribution in [2.75, 3.05) is 4.90 Å². The van der Waals surface area contributed by atoms with E-state index in [9.17, 15) is 13.6 Å². The second kappa shape index (κ2) is 8.01. The van der Waals surface area contributed by atoms with Crippen LogP contribution < -0.4 is 10.2 Å². The number of benzene rings is 3. The van der Waals surface area contributed by atoms with E-state index in [0.717, 1.165) is 5.56 Å². The van der Waals surface area contributed by atoms with Crippen LogP contribution in [0.2, 0.25) is 5.02 Å². The van der Waals surface area contributed by atoms with Gasteiger partial charge in [-0.2, -0.15) is 0 Å². The molecule has 0 saturated carbocycles. The number of hydrogen-bond donors (Lipinski definition) is 1. The molecule has 1 heterocycles. The van der Waals surface area contributed by atoms with Crippen LogP contribution in [0.4, 0.5) is 19.3 Å². The van der Waals surface area contributed by atoms with Gasteiger partial charge in [-0.15, -0.1) is 0 Å². The van der Waals surface area contributed by atoms with Gasteiger partial charge in [0.15, 0.2) is 0 Å². The molecular formula is C22H16ClF2N3O. The maximum absolute atomic E-state index is 13.6. The quantitative estimate of drug-likeness (QED) is 0.606. The predicted octanol–water partition coefficient (Wildman–Crippen LogP) is 5.49. The predicted molar refractivity (Wildman–Crippen MR) is 109 cm³/mol. The van der Waals surface area contributed by atoms with Gasteiger partial charge >= 0.3 is 6.03 Å². The monoisotopic (exact) mass is 411 g/mol. The summed E-state index contributed by atoms with van der Waals surface area (Å²) in [6, 6.07) is 18.4. The standard InChI is InChI=1S/C22H16ClF2N3O/c23-18-12-17(10-11-19(18)25)28-20(15-6-8-16(24)9-7-15)21(27-22(28)29)26-13-14-4-2-1-3-5-14/h1-12,20H,13H2,(H,26,27,29). The molecular weight excluding hydrogens is 396 g/mol. The number of aliphatic imine (C=N–C) groups is 1. The molecule has 1 unspecified atom stereocenters. The Balaban J connectivity index is 1.76. The van der Waals surface area contributed by atoms with Crippen molar-refractivity contribution in [3.05, 3.63) is 101 Å². The third-order valence-corrected chi connectivity index (χ3v) is 4.90. The van der Waals surface area contributed by atoms with Crippen molar-refractivity contribution >= 4 is 29.2 Å². The molecule has 4 rings (SSSR count). The van der Waals surface area contributed by atoms with Gasteiger partial charge in [0.05, 0.1) is 11.6 Å². The fraction of sp³-hybridized carbons (Fsp3) is 0.0909. The SMILES string of the molecule is O=C1NC(=NCc2ccccc2)C(c2ccc(F)cc2)N1c1ccc(F)c(Cl)c1. The summed E-state index contributed by atoms with van der Waals surface area (Å²) in [4.78, 5) is 18.8. The molecule has 0 spiro atoms. The number of rotatable bonds is 4. The number of nitrogens with one attached hydrogen (secondary N) is 1. The number of amidine groups is 1. The van der Waals surface area contributed by atoms with Crippen molar-refractivity contribution in [3.63, 3.8) is 0 Å². The van der Waals surface area contributed by atoms with Gasteiger partial charge in [0, 0.05) is 5.69 Å². The molecule has 3 aromatic carbocycles. The Morgan fingerprint density at radius 1 is 1.00 bits per heavy atom. The largest absolute Gasteiger partial charge is 0.328 e.